The molecule has 8 heteroatoms. The quantitative estimate of drug-likeness (QED) is 0.638. The van der Waals surface area contributed by atoms with Crippen LogP contribution in [-0.2, 0) is 14.8 Å². The molecule has 0 fully saturated rings. The monoisotopic (exact) mass is 431 g/mol. The predicted molar refractivity (Wildman–Crippen MR) is 118 cm³/mol. The average Bonchev–Trinajstić information content (AvgIpc) is 2.68. The van der Waals surface area contributed by atoms with Crippen molar-refractivity contribution in [2.75, 3.05) is 25.0 Å². The van der Waals surface area contributed by atoms with E-state index in [0.29, 0.717) is 29.9 Å². The van der Waals surface area contributed by atoms with E-state index in [9.17, 15) is 18.0 Å². The van der Waals surface area contributed by atoms with Gasteiger partial charge in [0.2, 0.25) is 15.9 Å². The predicted octanol–water partition coefficient (Wildman–Crippen LogP) is 3.09. The topological polar surface area (TPSA) is 95.6 Å². The van der Waals surface area contributed by atoms with Gasteiger partial charge in [0.15, 0.2) is 0 Å². The molecule has 2 aromatic rings. The van der Waals surface area contributed by atoms with Gasteiger partial charge >= 0.3 is 0 Å². The highest BCUT2D eigenvalue weighted by molar-refractivity contribution is 7.89. The summed E-state index contributed by atoms with van der Waals surface area (Å²) in [5.74, 6) is -0.442. The molecule has 0 aliphatic carbocycles. The first-order valence-corrected chi connectivity index (χ1v) is 11.4. The molecule has 162 valence electrons. The van der Waals surface area contributed by atoms with Gasteiger partial charge in [-0.3, -0.25) is 9.59 Å². The number of amides is 2. The molecule has 30 heavy (non-hydrogen) atoms. The van der Waals surface area contributed by atoms with Gasteiger partial charge in [-0.1, -0.05) is 23.8 Å². The van der Waals surface area contributed by atoms with E-state index in [4.69, 9.17) is 0 Å². The van der Waals surface area contributed by atoms with Gasteiger partial charge in [-0.25, -0.2) is 13.1 Å². The average molecular weight is 432 g/mol. The van der Waals surface area contributed by atoms with E-state index in [1.807, 2.05) is 20.8 Å². The molecule has 2 rings (SSSR count). The minimum atomic E-state index is -3.69. The SMILES string of the molecule is CCN(CC)C(=O)c1cccc(NC(=O)CCNS(=O)(=O)c2ccc(C)cc2C)c1. The lowest BCUT2D eigenvalue weighted by atomic mass is 10.1. The van der Waals surface area contributed by atoms with Crippen molar-refractivity contribution in [3.05, 3.63) is 59.2 Å². The van der Waals surface area contributed by atoms with E-state index in [2.05, 4.69) is 10.0 Å². The molecular weight excluding hydrogens is 402 g/mol. The Kier molecular flexibility index (Phi) is 8.14. The highest BCUT2D eigenvalue weighted by atomic mass is 32.2. The largest absolute Gasteiger partial charge is 0.339 e. The summed E-state index contributed by atoms with van der Waals surface area (Å²) < 4.78 is 27.4. The lowest BCUT2D eigenvalue weighted by Gasteiger charge is -2.19. The third kappa shape index (κ3) is 6.14. The Morgan fingerprint density at radius 1 is 1.00 bits per heavy atom. The van der Waals surface area contributed by atoms with Crippen LogP contribution in [0.15, 0.2) is 47.4 Å². The number of hydrogen-bond donors (Lipinski definition) is 2. The number of sulfonamides is 1. The summed E-state index contributed by atoms with van der Waals surface area (Å²) in [7, 11) is -3.69. The van der Waals surface area contributed by atoms with Crippen molar-refractivity contribution < 1.29 is 18.0 Å². The normalized spacial score (nSPS) is 11.2. The number of anilines is 1. The third-order valence-corrected chi connectivity index (χ3v) is 6.33. The molecule has 0 aromatic heterocycles. The van der Waals surface area contributed by atoms with Crippen molar-refractivity contribution >= 4 is 27.5 Å². The molecule has 0 saturated carbocycles. The minimum Gasteiger partial charge on any atom is -0.339 e. The summed E-state index contributed by atoms with van der Waals surface area (Å²) in [6, 6.07) is 11.8. The molecule has 0 aliphatic rings. The van der Waals surface area contributed by atoms with Crippen LogP contribution in [0.25, 0.3) is 0 Å². The Labute approximate surface area is 178 Å². The van der Waals surface area contributed by atoms with Gasteiger partial charge in [-0.15, -0.1) is 0 Å². The number of hydrogen-bond acceptors (Lipinski definition) is 4. The van der Waals surface area contributed by atoms with Crippen LogP contribution in [0, 0.1) is 13.8 Å². The molecule has 0 atom stereocenters. The Morgan fingerprint density at radius 2 is 1.70 bits per heavy atom. The summed E-state index contributed by atoms with van der Waals surface area (Å²) >= 11 is 0. The van der Waals surface area contributed by atoms with Gasteiger partial charge in [0.1, 0.15) is 0 Å². The molecule has 0 aliphatic heterocycles. The summed E-state index contributed by atoms with van der Waals surface area (Å²) in [6.07, 6.45) is -0.0294. The van der Waals surface area contributed by atoms with Crippen LogP contribution in [0.3, 0.4) is 0 Å². The first-order valence-electron chi connectivity index (χ1n) is 9.94. The van der Waals surface area contributed by atoms with E-state index in [1.54, 1.807) is 54.3 Å². The van der Waals surface area contributed by atoms with Crippen LogP contribution in [-0.4, -0.2) is 44.8 Å². The fourth-order valence-electron chi connectivity index (χ4n) is 3.12. The van der Waals surface area contributed by atoms with Crippen molar-refractivity contribution in [1.82, 2.24) is 9.62 Å². The van der Waals surface area contributed by atoms with Crippen LogP contribution in [0.4, 0.5) is 5.69 Å². The molecule has 0 saturated heterocycles. The van der Waals surface area contributed by atoms with Crippen molar-refractivity contribution in [2.24, 2.45) is 0 Å². The van der Waals surface area contributed by atoms with Crippen LogP contribution < -0.4 is 10.0 Å². The van der Waals surface area contributed by atoms with Gasteiger partial charge in [-0.05, 0) is 57.5 Å². The zero-order chi connectivity index (χ0) is 22.3. The zero-order valence-electron chi connectivity index (χ0n) is 17.9. The van der Waals surface area contributed by atoms with Crippen molar-refractivity contribution in [2.45, 2.75) is 39.0 Å². The molecular formula is C22H29N3O4S. The number of nitrogens with one attached hydrogen (secondary N) is 2. The summed E-state index contributed by atoms with van der Waals surface area (Å²) in [5.41, 5.74) is 2.62. The maximum absolute atomic E-state index is 12.5. The standard InChI is InChI=1S/C22H29N3O4S/c1-5-25(6-2)22(27)18-8-7-9-19(15-18)24-21(26)12-13-23-30(28,29)20-11-10-16(3)14-17(20)4/h7-11,14-15,23H,5-6,12-13H2,1-4H3,(H,24,26). The zero-order valence-corrected chi connectivity index (χ0v) is 18.7. The van der Waals surface area contributed by atoms with Crippen LogP contribution in [0.2, 0.25) is 0 Å². The van der Waals surface area contributed by atoms with E-state index < -0.39 is 10.0 Å². The van der Waals surface area contributed by atoms with Gasteiger partial charge < -0.3 is 10.2 Å². The molecule has 0 spiro atoms. The van der Waals surface area contributed by atoms with Crippen LogP contribution in [0.1, 0.15) is 41.8 Å². The van der Waals surface area contributed by atoms with Crippen molar-refractivity contribution in [3.8, 4) is 0 Å². The highest BCUT2D eigenvalue weighted by Crippen LogP contribution is 2.16. The number of carbonyl (C=O) groups excluding carboxylic acids is 2. The van der Waals surface area contributed by atoms with E-state index in [-0.39, 0.29) is 29.7 Å². The third-order valence-electron chi connectivity index (χ3n) is 4.71. The second kappa shape index (κ2) is 10.4. The van der Waals surface area contributed by atoms with Gasteiger partial charge in [-0.2, -0.15) is 0 Å². The molecule has 7 nitrogen and oxygen atoms in total. The molecule has 0 bridgehead atoms. The fourth-order valence-corrected chi connectivity index (χ4v) is 4.38. The number of benzene rings is 2. The van der Waals surface area contributed by atoms with Gasteiger partial charge in [0, 0.05) is 37.3 Å². The summed E-state index contributed by atoms with van der Waals surface area (Å²) in [5, 5.41) is 2.71. The number of rotatable bonds is 9. The number of carbonyl (C=O) groups is 2. The summed E-state index contributed by atoms with van der Waals surface area (Å²) in [4.78, 5) is 26.6. The lowest BCUT2D eigenvalue weighted by molar-refractivity contribution is -0.116. The Bertz CT molecular complexity index is 1010. The fraction of sp³-hybridized carbons (Fsp3) is 0.364. The van der Waals surface area contributed by atoms with Gasteiger partial charge in [0.25, 0.3) is 5.91 Å². The Hall–Kier alpha value is -2.71. The van der Waals surface area contributed by atoms with Crippen molar-refractivity contribution in [3.63, 3.8) is 0 Å². The van der Waals surface area contributed by atoms with E-state index >= 15 is 0 Å². The number of nitrogens with zero attached hydrogens (tertiary/aromatic N) is 1. The van der Waals surface area contributed by atoms with Gasteiger partial charge in [0.05, 0.1) is 4.90 Å². The molecule has 0 unspecified atom stereocenters. The Balaban J connectivity index is 1.95. The second-order valence-electron chi connectivity index (χ2n) is 7.02. The van der Waals surface area contributed by atoms with Crippen molar-refractivity contribution in [1.29, 1.82) is 0 Å². The van der Waals surface area contributed by atoms with Crippen LogP contribution in [0.5, 0.6) is 0 Å². The molecule has 2 aromatic carbocycles. The first-order chi connectivity index (χ1) is 14.2. The maximum atomic E-state index is 12.5. The van der Waals surface area contributed by atoms with E-state index in [0.717, 1.165) is 5.56 Å². The first kappa shape index (κ1) is 23.6. The van der Waals surface area contributed by atoms with Crippen LogP contribution >= 0.6 is 0 Å². The molecule has 2 N–H and O–H groups in total. The Morgan fingerprint density at radius 3 is 2.33 bits per heavy atom. The lowest BCUT2D eigenvalue weighted by Crippen LogP contribution is -2.30. The smallest absolute Gasteiger partial charge is 0.253 e. The maximum Gasteiger partial charge on any atom is 0.253 e. The highest BCUT2D eigenvalue weighted by Gasteiger charge is 2.17. The number of aryl methyl sites for hydroxylation is 2. The molecule has 0 radical (unpaired) electrons. The second-order valence-corrected chi connectivity index (χ2v) is 8.76. The molecule has 2 amide bonds. The summed E-state index contributed by atoms with van der Waals surface area (Å²) in [6.45, 7) is 8.63. The van der Waals surface area contributed by atoms with E-state index in [1.165, 1.54) is 0 Å². The minimum absolute atomic E-state index is 0.0282. The molecule has 0 heterocycles.